The standard InChI is InChI=1S/C17H21ClN2/c1-3-20(11-14-7-5-4-6-13(14)2)12-15-10-16(19)8-9-17(15)18/h4-10H,3,11-12,19H2,1-2H3. The van der Waals surface area contributed by atoms with Crippen LogP contribution in [0.2, 0.25) is 5.02 Å². The normalized spacial score (nSPS) is 11.0. The maximum atomic E-state index is 6.25. The Balaban J connectivity index is 2.13. The van der Waals surface area contributed by atoms with E-state index in [4.69, 9.17) is 17.3 Å². The quantitative estimate of drug-likeness (QED) is 0.833. The molecule has 2 nitrogen and oxygen atoms in total. The second-order valence-corrected chi connectivity index (χ2v) is 5.49. The first kappa shape index (κ1) is 14.9. The Hall–Kier alpha value is -1.51. The van der Waals surface area contributed by atoms with Crippen molar-refractivity contribution < 1.29 is 0 Å². The molecule has 2 aromatic rings. The van der Waals surface area contributed by atoms with Gasteiger partial charge in [0.05, 0.1) is 0 Å². The van der Waals surface area contributed by atoms with Gasteiger partial charge in [0.1, 0.15) is 0 Å². The Morgan fingerprint density at radius 2 is 1.75 bits per heavy atom. The molecule has 2 rings (SSSR count). The fourth-order valence-corrected chi connectivity index (χ4v) is 2.44. The summed E-state index contributed by atoms with van der Waals surface area (Å²) >= 11 is 6.25. The number of nitrogens with zero attached hydrogens (tertiary/aromatic N) is 1. The molecule has 0 radical (unpaired) electrons. The van der Waals surface area contributed by atoms with Gasteiger partial charge in [0.15, 0.2) is 0 Å². The fraction of sp³-hybridized carbons (Fsp3) is 0.294. The van der Waals surface area contributed by atoms with E-state index in [0.29, 0.717) is 0 Å². The van der Waals surface area contributed by atoms with Crippen LogP contribution >= 0.6 is 11.6 Å². The van der Waals surface area contributed by atoms with E-state index in [0.717, 1.165) is 35.9 Å². The molecule has 0 aliphatic rings. The minimum atomic E-state index is 0.761. The molecule has 2 N–H and O–H groups in total. The second-order valence-electron chi connectivity index (χ2n) is 5.08. The van der Waals surface area contributed by atoms with Crippen LogP contribution in [-0.2, 0) is 13.1 Å². The number of nitrogen functional groups attached to an aromatic ring is 1. The predicted molar refractivity (Wildman–Crippen MR) is 86.8 cm³/mol. The monoisotopic (exact) mass is 288 g/mol. The first-order valence-corrected chi connectivity index (χ1v) is 7.28. The SMILES string of the molecule is CCN(Cc1ccccc1C)Cc1cc(N)ccc1Cl. The van der Waals surface area contributed by atoms with Gasteiger partial charge in [0, 0.05) is 23.8 Å². The van der Waals surface area contributed by atoms with Gasteiger partial charge < -0.3 is 5.73 Å². The van der Waals surface area contributed by atoms with Gasteiger partial charge in [-0.1, -0.05) is 42.8 Å². The van der Waals surface area contributed by atoms with Crippen molar-refractivity contribution >= 4 is 17.3 Å². The summed E-state index contributed by atoms with van der Waals surface area (Å²) in [4.78, 5) is 2.36. The molecule has 0 saturated heterocycles. The van der Waals surface area contributed by atoms with Crippen LogP contribution in [0.4, 0.5) is 5.69 Å². The van der Waals surface area contributed by atoms with E-state index in [1.165, 1.54) is 11.1 Å². The third-order valence-corrected chi connectivity index (χ3v) is 3.93. The third kappa shape index (κ3) is 3.75. The molecule has 0 bridgehead atoms. The Labute approximate surface area is 126 Å². The molecule has 0 saturated carbocycles. The van der Waals surface area contributed by atoms with Crippen molar-refractivity contribution in [3.63, 3.8) is 0 Å². The average molecular weight is 289 g/mol. The van der Waals surface area contributed by atoms with E-state index in [1.807, 2.05) is 18.2 Å². The van der Waals surface area contributed by atoms with Gasteiger partial charge >= 0.3 is 0 Å². The van der Waals surface area contributed by atoms with Gasteiger partial charge in [-0.2, -0.15) is 0 Å². The van der Waals surface area contributed by atoms with Crippen molar-refractivity contribution in [1.29, 1.82) is 0 Å². The molecule has 0 atom stereocenters. The van der Waals surface area contributed by atoms with E-state index in [9.17, 15) is 0 Å². The maximum Gasteiger partial charge on any atom is 0.0452 e. The summed E-state index contributed by atoms with van der Waals surface area (Å²) in [5.74, 6) is 0. The molecule has 0 spiro atoms. The molecular formula is C17H21ClN2. The van der Waals surface area contributed by atoms with Crippen LogP contribution in [0, 0.1) is 6.92 Å². The van der Waals surface area contributed by atoms with Crippen LogP contribution in [0.3, 0.4) is 0 Å². The van der Waals surface area contributed by atoms with Crippen molar-refractivity contribution in [2.24, 2.45) is 0 Å². The molecule has 2 aromatic carbocycles. The van der Waals surface area contributed by atoms with E-state index in [2.05, 4.69) is 43.0 Å². The number of halogens is 1. The molecule has 0 fully saturated rings. The number of aryl methyl sites for hydroxylation is 1. The number of rotatable bonds is 5. The number of anilines is 1. The van der Waals surface area contributed by atoms with Crippen molar-refractivity contribution in [2.45, 2.75) is 26.9 Å². The zero-order valence-electron chi connectivity index (χ0n) is 12.1. The average Bonchev–Trinajstić information content (AvgIpc) is 2.44. The smallest absolute Gasteiger partial charge is 0.0452 e. The van der Waals surface area contributed by atoms with E-state index >= 15 is 0 Å². The Kier molecular flexibility index (Phi) is 5.05. The highest BCUT2D eigenvalue weighted by molar-refractivity contribution is 6.31. The van der Waals surface area contributed by atoms with E-state index in [-0.39, 0.29) is 0 Å². The van der Waals surface area contributed by atoms with Crippen molar-refractivity contribution in [1.82, 2.24) is 4.90 Å². The molecule has 3 heteroatoms. The van der Waals surface area contributed by atoms with Crippen LogP contribution in [0.1, 0.15) is 23.6 Å². The molecule has 0 aliphatic carbocycles. The zero-order valence-corrected chi connectivity index (χ0v) is 12.8. The van der Waals surface area contributed by atoms with Crippen LogP contribution in [-0.4, -0.2) is 11.4 Å². The molecule has 0 amide bonds. The van der Waals surface area contributed by atoms with Crippen LogP contribution in [0.15, 0.2) is 42.5 Å². The lowest BCUT2D eigenvalue weighted by atomic mass is 10.1. The van der Waals surface area contributed by atoms with Gasteiger partial charge in [0.25, 0.3) is 0 Å². The van der Waals surface area contributed by atoms with Crippen LogP contribution in [0.5, 0.6) is 0 Å². The molecule has 0 aromatic heterocycles. The van der Waals surface area contributed by atoms with Gasteiger partial charge in [-0.05, 0) is 48.4 Å². The number of nitrogens with two attached hydrogens (primary N) is 1. The molecule has 20 heavy (non-hydrogen) atoms. The summed E-state index contributed by atoms with van der Waals surface area (Å²) in [6, 6.07) is 14.2. The van der Waals surface area contributed by atoms with Gasteiger partial charge in [-0.15, -0.1) is 0 Å². The Bertz CT molecular complexity index is 581. The number of hydrogen-bond acceptors (Lipinski definition) is 2. The summed E-state index contributed by atoms with van der Waals surface area (Å²) in [7, 11) is 0. The minimum absolute atomic E-state index is 0.761. The zero-order chi connectivity index (χ0) is 14.5. The maximum absolute atomic E-state index is 6.25. The molecule has 0 heterocycles. The van der Waals surface area contributed by atoms with E-state index < -0.39 is 0 Å². The summed E-state index contributed by atoms with van der Waals surface area (Å²) < 4.78 is 0. The summed E-state index contributed by atoms with van der Waals surface area (Å²) in [5.41, 5.74) is 10.4. The van der Waals surface area contributed by atoms with Gasteiger partial charge in [-0.25, -0.2) is 0 Å². The molecular weight excluding hydrogens is 268 g/mol. The lowest BCUT2D eigenvalue weighted by Gasteiger charge is -2.22. The fourth-order valence-electron chi connectivity index (χ4n) is 2.26. The van der Waals surface area contributed by atoms with Crippen molar-refractivity contribution in [2.75, 3.05) is 12.3 Å². The Morgan fingerprint density at radius 1 is 1.05 bits per heavy atom. The predicted octanol–water partition coefficient (Wildman–Crippen LogP) is 4.25. The minimum Gasteiger partial charge on any atom is -0.399 e. The van der Waals surface area contributed by atoms with Crippen LogP contribution < -0.4 is 5.73 Å². The first-order valence-electron chi connectivity index (χ1n) is 6.91. The lowest BCUT2D eigenvalue weighted by molar-refractivity contribution is 0.271. The highest BCUT2D eigenvalue weighted by Gasteiger charge is 2.09. The highest BCUT2D eigenvalue weighted by Crippen LogP contribution is 2.21. The van der Waals surface area contributed by atoms with Gasteiger partial charge in [0.2, 0.25) is 0 Å². The Morgan fingerprint density at radius 3 is 2.45 bits per heavy atom. The second kappa shape index (κ2) is 6.78. The topological polar surface area (TPSA) is 29.3 Å². The molecule has 0 aliphatic heterocycles. The number of benzene rings is 2. The first-order chi connectivity index (χ1) is 9.60. The lowest BCUT2D eigenvalue weighted by Crippen LogP contribution is -2.23. The van der Waals surface area contributed by atoms with Crippen molar-refractivity contribution in [3.8, 4) is 0 Å². The largest absolute Gasteiger partial charge is 0.399 e. The third-order valence-electron chi connectivity index (χ3n) is 3.57. The highest BCUT2D eigenvalue weighted by atomic mass is 35.5. The molecule has 0 unspecified atom stereocenters. The van der Waals surface area contributed by atoms with Gasteiger partial charge in [-0.3, -0.25) is 4.90 Å². The van der Waals surface area contributed by atoms with Crippen molar-refractivity contribution in [3.05, 3.63) is 64.2 Å². The summed E-state index contributed by atoms with van der Waals surface area (Å²) in [6.45, 7) is 7.03. The summed E-state index contributed by atoms with van der Waals surface area (Å²) in [6.07, 6.45) is 0. The summed E-state index contributed by atoms with van der Waals surface area (Å²) in [5, 5.41) is 0.780. The van der Waals surface area contributed by atoms with E-state index in [1.54, 1.807) is 0 Å². The van der Waals surface area contributed by atoms with Crippen LogP contribution in [0.25, 0.3) is 0 Å². The number of hydrogen-bond donors (Lipinski definition) is 1. The molecule has 106 valence electrons.